The zero-order valence-corrected chi connectivity index (χ0v) is 20.6. The Labute approximate surface area is 202 Å². The standard InChI is InChI=1S/C21H28F3N5S.HI/c1-2-25-20(26-11-10-19-28-18(15-30-19)21(22,23)24)27-14-17(29-12-6-7-13-29)16-8-4-3-5-9-16;/h3-5,8-9,15,17H,2,6-7,10-14H2,1H3,(H2,25,26,27);1H. The number of likely N-dealkylation sites (tertiary alicyclic amines) is 1. The second-order valence-corrected chi connectivity index (χ2v) is 8.13. The van der Waals surface area contributed by atoms with Gasteiger partial charge in [-0.1, -0.05) is 30.3 Å². The van der Waals surface area contributed by atoms with Crippen molar-refractivity contribution >= 4 is 41.3 Å². The number of hydrogen-bond donors (Lipinski definition) is 2. The summed E-state index contributed by atoms with van der Waals surface area (Å²) in [7, 11) is 0. The van der Waals surface area contributed by atoms with Crippen LogP contribution < -0.4 is 10.6 Å². The van der Waals surface area contributed by atoms with Crippen molar-refractivity contribution in [2.24, 2.45) is 4.99 Å². The summed E-state index contributed by atoms with van der Waals surface area (Å²) in [6.45, 7) is 5.93. The third-order valence-corrected chi connectivity index (χ3v) is 5.91. The van der Waals surface area contributed by atoms with Crippen LogP contribution >= 0.6 is 35.3 Å². The molecule has 0 aliphatic carbocycles. The first kappa shape index (κ1) is 25.9. The van der Waals surface area contributed by atoms with Gasteiger partial charge in [-0.3, -0.25) is 9.89 Å². The maximum atomic E-state index is 12.7. The van der Waals surface area contributed by atoms with Gasteiger partial charge in [-0.25, -0.2) is 4.98 Å². The number of thiazole rings is 1. The number of benzene rings is 1. The van der Waals surface area contributed by atoms with Crippen LogP contribution in [0.3, 0.4) is 0 Å². The smallest absolute Gasteiger partial charge is 0.357 e. The number of nitrogens with one attached hydrogen (secondary N) is 2. The molecule has 1 aromatic heterocycles. The average molecular weight is 567 g/mol. The molecule has 1 unspecified atom stereocenters. The van der Waals surface area contributed by atoms with Gasteiger partial charge in [0.15, 0.2) is 11.7 Å². The zero-order valence-electron chi connectivity index (χ0n) is 17.5. The Bertz CT molecular complexity index is 807. The molecule has 0 bridgehead atoms. The molecule has 0 amide bonds. The van der Waals surface area contributed by atoms with Crippen molar-refractivity contribution in [2.75, 3.05) is 32.7 Å². The van der Waals surface area contributed by atoms with E-state index in [-0.39, 0.29) is 30.0 Å². The predicted molar refractivity (Wildman–Crippen MR) is 130 cm³/mol. The van der Waals surface area contributed by atoms with Gasteiger partial charge in [-0.05, 0) is 38.4 Å². The lowest BCUT2D eigenvalue weighted by atomic mass is 10.1. The number of aromatic nitrogens is 1. The van der Waals surface area contributed by atoms with E-state index in [0.717, 1.165) is 29.8 Å². The van der Waals surface area contributed by atoms with E-state index in [0.29, 0.717) is 37.0 Å². The molecular formula is C21H29F3IN5S. The summed E-state index contributed by atoms with van der Waals surface area (Å²) in [5.41, 5.74) is 0.431. The van der Waals surface area contributed by atoms with Crippen molar-refractivity contribution in [1.82, 2.24) is 20.5 Å². The van der Waals surface area contributed by atoms with E-state index in [4.69, 9.17) is 4.99 Å². The number of nitrogens with zero attached hydrogens (tertiary/aromatic N) is 3. The molecule has 2 N–H and O–H groups in total. The summed E-state index contributed by atoms with van der Waals surface area (Å²) in [5.74, 6) is 0.672. The highest BCUT2D eigenvalue weighted by Gasteiger charge is 2.33. The second kappa shape index (κ2) is 12.6. The monoisotopic (exact) mass is 567 g/mol. The van der Waals surface area contributed by atoms with E-state index in [1.165, 1.54) is 18.4 Å². The van der Waals surface area contributed by atoms with Crippen molar-refractivity contribution < 1.29 is 13.2 Å². The topological polar surface area (TPSA) is 52.6 Å². The highest BCUT2D eigenvalue weighted by molar-refractivity contribution is 14.0. The molecule has 5 nitrogen and oxygen atoms in total. The molecule has 0 radical (unpaired) electrons. The van der Waals surface area contributed by atoms with Gasteiger partial charge in [0.05, 0.1) is 17.6 Å². The molecule has 0 saturated carbocycles. The van der Waals surface area contributed by atoms with Crippen LogP contribution in [0.15, 0.2) is 40.7 Å². The Morgan fingerprint density at radius 2 is 1.90 bits per heavy atom. The van der Waals surface area contributed by atoms with E-state index < -0.39 is 11.9 Å². The fourth-order valence-electron chi connectivity index (χ4n) is 3.52. The minimum atomic E-state index is -4.39. The van der Waals surface area contributed by atoms with Gasteiger partial charge in [0.25, 0.3) is 0 Å². The maximum absolute atomic E-state index is 12.7. The summed E-state index contributed by atoms with van der Waals surface area (Å²) < 4.78 is 38.1. The number of aliphatic imine (C=N–C) groups is 1. The molecule has 1 aromatic carbocycles. The molecule has 1 aliphatic heterocycles. The van der Waals surface area contributed by atoms with Gasteiger partial charge < -0.3 is 10.6 Å². The SMILES string of the molecule is CCNC(=NCC(c1ccccc1)N1CCCC1)NCCc1nc(C(F)(F)F)cs1.I. The van der Waals surface area contributed by atoms with Gasteiger partial charge in [0, 0.05) is 24.9 Å². The van der Waals surface area contributed by atoms with Crippen molar-refractivity contribution in [1.29, 1.82) is 0 Å². The zero-order chi connectivity index (χ0) is 21.4. The third kappa shape index (κ3) is 7.90. The largest absolute Gasteiger partial charge is 0.434 e. The van der Waals surface area contributed by atoms with Crippen LogP contribution in [-0.4, -0.2) is 48.6 Å². The number of halogens is 4. The van der Waals surface area contributed by atoms with Gasteiger partial charge in [0.1, 0.15) is 0 Å². The van der Waals surface area contributed by atoms with Crippen LogP contribution in [0, 0.1) is 0 Å². The summed E-state index contributed by atoms with van der Waals surface area (Å²) in [5, 5.41) is 7.97. The van der Waals surface area contributed by atoms with E-state index in [1.807, 2.05) is 13.0 Å². The van der Waals surface area contributed by atoms with Crippen LogP contribution in [0.25, 0.3) is 0 Å². The molecule has 2 heterocycles. The molecule has 3 rings (SSSR count). The Balaban J connectivity index is 0.00000341. The Kier molecular flexibility index (Phi) is 10.5. The third-order valence-electron chi connectivity index (χ3n) is 5.01. The average Bonchev–Trinajstić information content (AvgIpc) is 3.41. The van der Waals surface area contributed by atoms with Crippen LogP contribution in [0.4, 0.5) is 13.2 Å². The summed E-state index contributed by atoms with van der Waals surface area (Å²) >= 11 is 1.04. The molecule has 1 atom stereocenters. The molecule has 1 aliphatic rings. The minimum Gasteiger partial charge on any atom is -0.357 e. The number of hydrogen-bond acceptors (Lipinski definition) is 4. The van der Waals surface area contributed by atoms with Crippen LogP contribution in [0.2, 0.25) is 0 Å². The summed E-state index contributed by atoms with van der Waals surface area (Å²) in [6.07, 6.45) is -1.56. The molecule has 0 spiro atoms. The van der Waals surface area contributed by atoms with Gasteiger partial charge in [-0.2, -0.15) is 13.2 Å². The van der Waals surface area contributed by atoms with Crippen molar-refractivity contribution in [2.45, 2.75) is 38.4 Å². The summed E-state index contributed by atoms with van der Waals surface area (Å²) in [6, 6.07) is 10.6. The highest BCUT2D eigenvalue weighted by atomic mass is 127. The first-order valence-corrected chi connectivity index (χ1v) is 11.2. The Morgan fingerprint density at radius 1 is 1.19 bits per heavy atom. The van der Waals surface area contributed by atoms with Gasteiger partial charge in [-0.15, -0.1) is 35.3 Å². The second-order valence-electron chi connectivity index (χ2n) is 7.19. The highest BCUT2D eigenvalue weighted by Crippen LogP contribution is 2.30. The Morgan fingerprint density at radius 3 is 2.52 bits per heavy atom. The maximum Gasteiger partial charge on any atom is 0.434 e. The molecular weight excluding hydrogens is 538 g/mol. The molecule has 10 heteroatoms. The quantitative estimate of drug-likeness (QED) is 0.276. The van der Waals surface area contributed by atoms with Crippen LogP contribution in [0.5, 0.6) is 0 Å². The lowest BCUT2D eigenvalue weighted by Crippen LogP contribution is -2.39. The normalized spacial score (nSPS) is 16.1. The van der Waals surface area contributed by atoms with E-state index in [2.05, 4.69) is 44.8 Å². The molecule has 2 aromatic rings. The van der Waals surface area contributed by atoms with E-state index >= 15 is 0 Å². The van der Waals surface area contributed by atoms with E-state index in [9.17, 15) is 13.2 Å². The number of alkyl halides is 3. The molecule has 1 saturated heterocycles. The van der Waals surface area contributed by atoms with Crippen molar-refractivity contribution in [3.05, 3.63) is 52.0 Å². The fraction of sp³-hybridized carbons (Fsp3) is 0.524. The first-order chi connectivity index (χ1) is 14.5. The molecule has 31 heavy (non-hydrogen) atoms. The fourth-order valence-corrected chi connectivity index (χ4v) is 4.33. The molecule has 172 valence electrons. The van der Waals surface area contributed by atoms with Gasteiger partial charge in [0.2, 0.25) is 0 Å². The predicted octanol–water partition coefficient (Wildman–Crippen LogP) is 4.71. The lowest BCUT2D eigenvalue weighted by molar-refractivity contribution is -0.140. The van der Waals surface area contributed by atoms with Crippen molar-refractivity contribution in [3.8, 4) is 0 Å². The summed E-state index contributed by atoms with van der Waals surface area (Å²) in [4.78, 5) is 10.9. The lowest BCUT2D eigenvalue weighted by Gasteiger charge is -2.27. The van der Waals surface area contributed by atoms with E-state index in [1.54, 1.807) is 0 Å². The molecule has 1 fully saturated rings. The van der Waals surface area contributed by atoms with Crippen molar-refractivity contribution in [3.63, 3.8) is 0 Å². The first-order valence-electron chi connectivity index (χ1n) is 10.3. The minimum absolute atomic E-state index is 0. The Hall–Kier alpha value is -1.40. The van der Waals surface area contributed by atoms with Crippen LogP contribution in [0.1, 0.15) is 42.1 Å². The number of rotatable bonds is 8. The van der Waals surface area contributed by atoms with Gasteiger partial charge >= 0.3 is 6.18 Å². The number of guanidine groups is 1. The van der Waals surface area contributed by atoms with Crippen LogP contribution in [-0.2, 0) is 12.6 Å².